The van der Waals surface area contributed by atoms with E-state index >= 15 is 0 Å². The van der Waals surface area contributed by atoms with Gasteiger partial charge >= 0.3 is 17.6 Å². The molecule has 2 N–H and O–H groups in total. The van der Waals surface area contributed by atoms with Crippen LogP contribution in [0.25, 0.3) is 11.4 Å². The summed E-state index contributed by atoms with van der Waals surface area (Å²) in [6, 6.07) is 4.11. The summed E-state index contributed by atoms with van der Waals surface area (Å²) in [6.45, 7) is 2.93. The Labute approximate surface area is 157 Å². The summed E-state index contributed by atoms with van der Waals surface area (Å²) in [5, 5.41) is 37.0. The highest BCUT2D eigenvalue weighted by atomic mass is 32.2. The Bertz CT molecular complexity index is 881. The lowest BCUT2D eigenvalue weighted by atomic mass is 10.1. The van der Waals surface area contributed by atoms with Crippen molar-refractivity contribution in [1.29, 1.82) is 0 Å². The van der Waals surface area contributed by atoms with E-state index in [-0.39, 0.29) is 39.8 Å². The van der Waals surface area contributed by atoms with Crippen LogP contribution in [0, 0.1) is 10.1 Å². The zero-order valence-electron chi connectivity index (χ0n) is 14.4. The molecule has 0 radical (unpaired) electrons. The van der Waals surface area contributed by atoms with Crippen molar-refractivity contribution >= 4 is 29.4 Å². The lowest BCUT2D eigenvalue weighted by Gasteiger charge is -2.11. The van der Waals surface area contributed by atoms with Gasteiger partial charge in [-0.25, -0.2) is 0 Å². The van der Waals surface area contributed by atoms with Gasteiger partial charge in [0.15, 0.2) is 16.7 Å². The first kappa shape index (κ1) is 20.2. The predicted molar refractivity (Wildman–Crippen MR) is 93.9 cm³/mol. The van der Waals surface area contributed by atoms with E-state index < -0.39 is 23.4 Å². The fourth-order valence-electron chi connectivity index (χ4n) is 2.17. The van der Waals surface area contributed by atoms with Crippen molar-refractivity contribution in [1.82, 2.24) is 14.8 Å². The number of ether oxygens (including phenoxy) is 1. The molecule has 11 nitrogen and oxygen atoms in total. The first-order valence-electron chi connectivity index (χ1n) is 7.64. The maximum atomic E-state index is 11.4. The fourth-order valence-corrected chi connectivity index (χ4v) is 2.82. The average Bonchev–Trinajstić information content (AvgIpc) is 2.94. The van der Waals surface area contributed by atoms with E-state index in [4.69, 9.17) is 14.9 Å². The highest BCUT2D eigenvalue weighted by Crippen LogP contribution is 2.33. The molecule has 144 valence electrons. The Morgan fingerprint density at radius 1 is 1.30 bits per heavy atom. The predicted octanol–water partition coefficient (Wildman–Crippen LogP) is 1.90. The molecule has 2 aromatic rings. The van der Waals surface area contributed by atoms with Crippen LogP contribution >= 0.6 is 11.8 Å². The van der Waals surface area contributed by atoms with Crippen LogP contribution in [-0.4, -0.2) is 53.7 Å². The first-order valence-corrected chi connectivity index (χ1v) is 8.62. The first-order chi connectivity index (χ1) is 12.7. The number of hydrogen-bond donors (Lipinski definition) is 2. The molecule has 0 aliphatic rings. The van der Waals surface area contributed by atoms with E-state index in [0.717, 1.165) is 11.8 Å². The summed E-state index contributed by atoms with van der Waals surface area (Å²) in [7, 11) is 0. The zero-order chi connectivity index (χ0) is 20.1. The van der Waals surface area contributed by atoms with Crippen molar-refractivity contribution in [3.63, 3.8) is 0 Å². The van der Waals surface area contributed by atoms with Crippen molar-refractivity contribution in [2.45, 2.75) is 31.7 Å². The Kier molecular flexibility index (Phi) is 6.34. The SMILES string of the molecule is CC(C)Oc1ccc(-c2nnc(SCC(=O)O)n2CC(=O)O)cc1[N+](=O)[O-]. The van der Waals surface area contributed by atoms with Crippen LogP contribution in [0.4, 0.5) is 5.69 Å². The second-order valence-corrected chi connectivity index (χ2v) is 6.52. The van der Waals surface area contributed by atoms with Crippen molar-refractivity contribution in [2.24, 2.45) is 0 Å². The number of nitro benzene ring substituents is 1. The summed E-state index contributed by atoms with van der Waals surface area (Å²) in [5.41, 5.74) is -0.0421. The van der Waals surface area contributed by atoms with Gasteiger partial charge in [-0.15, -0.1) is 10.2 Å². The summed E-state index contributed by atoms with van der Waals surface area (Å²) in [4.78, 5) is 32.6. The third-order valence-electron chi connectivity index (χ3n) is 3.11. The van der Waals surface area contributed by atoms with Gasteiger partial charge in [-0.2, -0.15) is 0 Å². The average molecular weight is 396 g/mol. The largest absolute Gasteiger partial charge is 0.484 e. The van der Waals surface area contributed by atoms with Crippen molar-refractivity contribution in [2.75, 3.05) is 5.75 Å². The highest BCUT2D eigenvalue weighted by molar-refractivity contribution is 7.99. The molecule has 1 aromatic heterocycles. The Balaban J connectivity index is 2.50. The molecule has 0 saturated heterocycles. The second-order valence-electron chi connectivity index (χ2n) is 5.57. The monoisotopic (exact) mass is 396 g/mol. The topological polar surface area (TPSA) is 158 Å². The van der Waals surface area contributed by atoms with Gasteiger partial charge in [0.2, 0.25) is 0 Å². The molecule has 0 spiro atoms. The van der Waals surface area contributed by atoms with Crippen molar-refractivity contribution in [3.8, 4) is 17.1 Å². The molecular formula is C15H16N4O7S. The van der Waals surface area contributed by atoms with Crippen LogP contribution in [0.15, 0.2) is 23.4 Å². The second kappa shape index (κ2) is 8.49. The van der Waals surface area contributed by atoms with E-state index in [9.17, 15) is 19.7 Å². The molecule has 1 aromatic carbocycles. The molecule has 0 amide bonds. The normalized spacial score (nSPS) is 10.8. The standard InChI is InChI=1S/C15H16N4O7S/c1-8(2)26-11-4-3-9(5-10(11)19(24)25)14-16-17-15(27-7-13(22)23)18(14)6-12(20)21/h3-5,8H,6-7H2,1-2H3,(H,20,21)(H,22,23). The maximum absolute atomic E-state index is 11.4. The van der Waals surface area contributed by atoms with Gasteiger partial charge in [-0.1, -0.05) is 11.8 Å². The van der Waals surface area contributed by atoms with Crippen molar-refractivity contribution < 1.29 is 29.5 Å². The zero-order valence-corrected chi connectivity index (χ0v) is 15.2. The van der Waals surface area contributed by atoms with Gasteiger partial charge in [0.1, 0.15) is 6.54 Å². The van der Waals surface area contributed by atoms with Gasteiger partial charge in [-0.3, -0.25) is 24.3 Å². The molecule has 1 heterocycles. The van der Waals surface area contributed by atoms with Crippen LogP contribution in [0.1, 0.15) is 13.8 Å². The molecule has 12 heteroatoms. The number of thioether (sulfide) groups is 1. The molecule has 0 unspecified atom stereocenters. The lowest BCUT2D eigenvalue weighted by Crippen LogP contribution is -2.12. The maximum Gasteiger partial charge on any atom is 0.323 e. The van der Waals surface area contributed by atoms with E-state index in [0.29, 0.717) is 0 Å². The van der Waals surface area contributed by atoms with E-state index in [1.165, 1.54) is 22.8 Å². The van der Waals surface area contributed by atoms with E-state index in [1.807, 2.05) is 0 Å². The van der Waals surface area contributed by atoms with Crippen LogP contribution < -0.4 is 4.74 Å². The molecule has 0 aliphatic carbocycles. The number of carbonyl (C=O) groups is 2. The minimum absolute atomic E-state index is 0.0727. The van der Waals surface area contributed by atoms with Crippen LogP contribution in [0.5, 0.6) is 5.75 Å². The minimum Gasteiger partial charge on any atom is -0.484 e. The molecule has 0 saturated carbocycles. The number of hydrogen-bond acceptors (Lipinski definition) is 8. The Morgan fingerprint density at radius 2 is 2.00 bits per heavy atom. The number of benzene rings is 1. The number of aromatic nitrogens is 3. The van der Waals surface area contributed by atoms with Crippen molar-refractivity contribution in [3.05, 3.63) is 28.3 Å². The Hall–Kier alpha value is -3.15. The summed E-state index contributed by atoms with van der Waals surface area (Å²) < 4.78 is 6.61. The van der Waals surface area contributed by atoms with Gasteiger partial charge in [0, 0.05) is 11.6 Å². The molecule has 0 aliphatic heterocycles. The van der Waals surface area contributed by atoms with E-state index in [2.05, 4.69) is 10.2 Å². The molecule has 27 heavy (non-hydrogen) atoms. The molecule has 0 bridgehead atoms. The minimum atomic E-state index is -1.19. The summed E-state index contributed by atoms with van der Waals surface area (Å²) in [6.07, 6.45) is -0.274. The number of nitrogens with zero attached hydrogens (tertiary/aromatic N) is 4. The van der Waals surface area contributed by atoms with Crippen LogP contribution in [0.3, 0.4) is 0 Å². The third-order valence-corrected chi connectivity index (χ3v) is 4.06. The number of rotatable bonds is 9. The molecule has 2 rings (SSSR count). The Morgan fingerprint density at radius 3 is 2.56 bits per heavy atom. The van der Waals surface area contributed by atoms with Crippen LogP contribution in [-0.2, 0) is 16.1 Å². The molecule has 0 atom stereocenters. The van der Waals surface area contributed by atoms with Gasteiger partial charge in [0.25, 0.3) is 0 Å². The number of carboxylic acid groups (broad SMARTS) is 2. The van der Waals surface area contributed by atoms with Gasteiger partial charge in [0.05, 0.1) is 16.8 Å². The highest BCUT2D eigenvalue weighted by Gasteiger charge is 2.22. The molecule has 0 fully saturated rings. The van der Waals surface area contributed by atoms with Gasteiger partial charge in [-0.05, 0) is 26.0 Å². The smallest absolute Gasteiger partial charge is 0.323 e. The molecular weight excluding hydrogens is 380 g/mol. The summed E-state index contributed by atoms with van der Waals surface area (Å²) in [5.74, 6) is -2.48. The van der Waals surface area contributed by atoms with Crippen LogP contribution in [0.2, 0.25) is 0 Å². The quantitative estimate of drug-likeness (QED) is 0.364. The van der Waals surface area contributed by atoms with Gasteiger partial charge < -0.3 is 14.9 Å². The lowest BCUT2D eigenvalue weighted by molar-refractivity contribution is -0.386. The summed E-state index contributed by atoms with van der Waals surface area (Å²) >= 11 is 0.803. The fraction of sp³-hybridized carbons (Fsp3) is 0.333. The third kappa shape index (κ3) is 5.17. The number of nitro groups is 1. The number of aliphatic carboxylic acids is 2. The van der Waals surface area contributed by atoms with E-state index in [1.54, 1.807) is 13.8 Å². The number of carboxylic acids is 2.